The predicted molar refractivity (Wildman–Crippen MR) is 78.8 cm³/mol. The van der Waals surface area contributed by atoms with Crippen LogP contribution in [0.5, 0.6) is 0 Å². The number of hydrogen-bond acceptors (Lipinski definition) is 5. The molecule has 0 aromatic carbocycles. The van der Waals surface area contributed by atoms with Crippen molar-refractivity contribution in [2.24, 2.45) is 0 Å². The quantitative estimate of drug-likeness (QED) is 0.421. The highest BCUT2D eigenvalue weighted by Crippen LogP contribution is 2.28. The van der Waals surface area contributed by atoms with Gasteiger partial charge in [0.15, 0.2) is 0 Å². The Bertz CT molecular complexity index is 313. The van der Waals surface area contributed by atoms with Crippen LogP contribution in [-0.4, -0.2) is 51.0 Å². The number of hydrogen-bond donors (Lipinski definition) is 1. The molecule has 0 amide bonds. The highest BCUT2D eigenvalue weighted by molar-refractivity contribution is 6.73. The average Bonchev–Trinajstić information content (AvgIpc) is 2.42. The monoisotopic (exact) mass is 302 g/mol. The third kappa shape index (κ3) is 5.74. The lowest BCUT2D eigenvalue weighted by molar-refractivity contribution is -0.138. The first-order valence-electron chi connectivity index (χ1n) is 7.21. The van der Waals surface area contributed by atoms with Crippen LogP contribution in [0.3, 0.4) is 0 Å². The van der Waals surface area contributed by atoms with Gasteiger partial charge in [0.25, 0.3) is 0 Å². The molecule has 0 aromatic rings. The molecule has 1 aliphatic heterocycles. The predicted octanol–water partition coefficient (Wildman–Crippen LogP) is 1.80. The number of rotatable bonds is 8. The summed E-state index contributed by atoms with van der Waals surface area (Å²) in [5.74, 6) is -0.421. The average molecular weight is 302 g/mol. The summed E-state index contributed by atoms with van der Waals surface area (Å²) < 4.78 is 16.9. The molecule has 1 saturated heterocycles. The molecule has 6 heteroatoms. The Kier molecular flexibility index (Phi) is 7.43. The third-order valence-corrected chi connectivity index (χ3v) is 7.54. The summed E-state index contributed by atoms with van der Waals surface area (Å²) >= 11 is 0. The second kappa shape index (κ2) is 8.56. The zero-order valence-corrected chi connectivity index (χ0v) is 13.5. The Labute approximate surface area is 122 Å². The van der Waals surface area contributed by atoms with Gasteiger partial charge >= 0.3 is 5.97 Å². The number of carbonyl (C=O) groups excluding carboxylic acids is 1. The molecular weight excluding hydrogens is 276 g/mol. The van der Waals surface area contributed by atoms with E-state index in [-0.39, 0.29) is 12.3 Å². The topological polar surface area (TPSA) is 65.0 Å². The van der Waals surface area contributed by atoms with Crippen molar-refractivity contribution in [1.29, 1.82) is 0 Å². The van der Waals surface area contributed by atoms with E-state index in [2.05, 4.69) is 13.1 Å². The Balaban J connectivity index is 2.54. The van der Waals surface area contributed by atoms with Crippen molar-refractivity contribution in [3.63, 3.8) is 0 Å². The summed E-state index contributed by atoms with van der Waals surface area (Å²) in [7, 11) is -1.97. The van der Waals surface area contributed by atoms with Gasteiger partial charge in [0.2, 0.25) is 8.32 Å². The van der Waals surface area contributed by atoms with E-state index in [1.165, 1.54) is 0 Å². The summed E-state index contributed by atoms with van der Waals surface area (Å²) in [5.41, 5.74) is -0.0602. The number of ether oxygens (including phenoxy) is 2. The number of carbonyl (C=O) groups is 1. The molecule has 1 aliphatic rings. The van der Waals surface area contributed by atoms with Gasteiger partial charge < -0.3 is 19.0 Å². The van der Waals surface area contributed by atoms with E-state index in [9.17, 15) is 9.90 Å². The third-order valence-electron chi connectivity index (χ3n) is 3.51. The molecule has 116 valence electrons. The van der Waals surface area contributed by atoms with Crippen LogP contribution in [0.2, 0.25) is 12.6 Å². The van der Waals surface area contributed by atoms with Crippen molar-refractivity contribution >= 4 is 14.3 Å². The van der Waals surface area contributed by atoms with Gasteiger partial charge in [-0.1, -0.05) is 13.0 Å². The molecule has 5 nitrogen and oxygen atoms in total. The van der Waals surface area contributed by atoms with Crippen molar-refractivity contribution in [2.45, 2.75) is 50.6 Å². The van der Waals surface area contributed by atoms with E-state index >= 15 is 0 Å². The molecule has 0 radical (unpaired) electrons. The van der Waals surface area contributed by atoms with Crippen molar-refractivity contribution in [2.75, 3.05) is 19.8 Å². The summed E-state index contributed by atoms with van der Waals surface area (Å²) in [6, 6.07) is 1.05. The van der Waals surface area contributed by atoms with Crippen LogP contribution in [0.1, 0.15) is 26.2 Å². The second-order valence-electron chi connectivity index (χ2n) is 5.45. The Morgan fingerprint density at radius 1 is 1.55 bits per heavy atom. The van der Waals surface area contributed by atoms with Crippen LogP contribution in [0.15, 0.2) is 12.7 Å². The van der Waals surface area contributed by atoms with Gasteiger partial charge in [-0.2, -0.15) is 0 Å². The minimum Gasteiger partial charge on any atom is -0.462 e. The van der Waals surface area contributed by atoms with E-state index in [0.29, 0.717) is 13.0 Å². The standard InChI is InChI=1S/C14H26O5Si/c1-4-13(16)17-9-7-14(18-11-12(2)15)20(3)10-6-5-8-19-20/h4,12,14-15H,1,5-11H2,2-3H3. The van der Waals surface area contributed by atoms with Crippen LogP contribution >= 0.6 is 0 Å². The normalized spacial score (nSPS) is 25.8. The lowest BCUT2D eigenvalue weighted by Crippen LogP contribution is -2.52. The van der Waals surface area contributed by atoms with E-state index in [1.54, 1.807) is 6.92 Å². The van der Waals surface area contributed by atoms with Gasteiger partial charge in [-0.05, 0) is 25.9 Å². The molecule has 3 unspecified atom stereocenters. The van der Waals surface area contributed by atoms with Crippen molar-refractivity contribution < 1.29 is 23.8 Å². The lowest BCUT2D eigenvalue weighted by Gasteiger charge is -2.38. The smallest absolute Gasteiger partial charge is 0.330 e. The molecule has 0 aliphatic carbocycles. The fourth-order valence-electron chi connectivity index (χ4n) is 2.36. The molecule has 1 N–H and O–H groups in total. The maximum absolute atomic E-state index is 11.1. The highest BCUT2D eigenvalue weighted by atomic mass is 28.4. The van der Waals surface area contributed by atoms with Gasteiger partial charge in [0, 0.05) is 19.1 Å². The molecule has 0 spiro atoms. The molecule has 1 heterocycles. The molecule has 0 bridgehead atoms. The Hall–Kier alpha value is -0.693. The minimum atomic E-state index is -1.97. The lowest BCUT2D eigenvalue weighted by atomic mass is 10.4. The first-order valence-corrected chi connectivity index (χ1v) is 9.90. The van der Waals surface area contributed by atoms with E-state index < -0.39 is 20.4 Å². The zero-order chi connectivity index (χ0) is 15.0. The zero-order valence-electron chi connectivity index (χ0n) is 12.5. The van der Waals surface area contributed by atoms with Crippen molar-refractivity contribution in [3.8, 4) is 0 Å². The van der Waals surface area contributed by atoms with E-state index in [1.807, 2.05) is 0 Å². The SMILES string of the molecule is C=CC(=O)OCCC(OCC(C)O)[Si]1(C)CCCCO1. The first kappa shape index (κ1) is 17.4. The molecule has 3 atom stereocenters. The van der Waals surface area contributed by atoms with Crippen molar-refractivity contribution in [1.82, 2.24) is 0 Å². The maximum atomic E-state index is 11.1. The van der Waals surface area contributed by atoms with Crippen molar-refractivity contribution in [3.05, 3.63) is 12.7 Å². The van der Waals surface area contributed by atoms with Crippen LogP contribution in [0.25, 0.3) is 0 Å². The minimum absolute atomic E-state index is 0.0602. The number of aliphatic hydroxyl groups is 1. The van der Waals surface area contributed by atoms with Gasteiger partial charge in [-0.15, -0.1) is 0 Å². The molecular formula is C14H26O5Si. The van der Waals surface area contributed by atoms with Gasteiger partial charge in [-0.25, -0.2) is 4.79 Å². The summed E-state index contributed by atoms with van der Waals surface area (Å²) in [6.45, 7) is 8.58. The van der Waals surface area contributed by atoms with Crippen LogP contribution in [0, 0.1) is 0 Å². The van der Waals surface area contributed by atoms with Crippen LogP contribution < -0.4 is 0 Å². The molecule has 20 heavy (non-hydrogen) atoms. The summed E-state index contributed by atoms with van der Waals surface area (Å²) in [6.07, 6.45) is 3.51. The van der Waals surface area contributed by atoms with Crippen LogP contribution in [0.4, 0.5) is 0 Å². The van der Waals surface area contributed by atoms with Gasteiger partial charge in [0.05, 0.1) is 25.0 Å². The molecule has 0 saturated carbocycles. The largest absolute Gasteiger partial charge is 0.462 e. The maximum Gasteiger partial charge on any atom is 0.330 e. The summed E-state index contributed by atoms with van der Waals surface area (Å²) in [4.78, 5) is 11.1. The van der Waals surface area contributed by atoms with E-state index in [4.69, 9.17) is 13.9 Å². The molecule has 1 rings (SSSR count). The Morgan fingerprint density at radius 2 is 2.30 bits per heavy atom. The fraction of sp³-hybridized carbons (Fsp3) is 0.786. The summed E-state index contributed by atoms with van der Waals surface area (Å²) in [5, 5.41) is 9.39. The van der Waals surface area contributed by atoms with Gasteiger partial charge in [-0.3, -0.25) is 0 Å². The van der Waals surface area contributed by atoms with Gasteiger partial charge in [0.1, 0.15) is 0 Å². The van der Waals surface area contributed by atoms with E-state index in [0.717, 1.165) is 31.6 Å². The molecule has 1 fully saturated rings. The van der Waals surface area contributed by atoms with Crippen LogP contribution in [-0.2, 0) is 18.7 Å². The fourth-order valence-corrected chi connectivity index (χ4v) is 5.75. The number of aliphatic hydroxyl groups excluding tert-OH is 1. The second-order valence-corrected chi connectivity index (χ2v) is 9.51. The Morgan fingerprint density at radius 3 is 2.85 bits per heavy atom. The molecule has 0 aromatic heterocycles. The number of esters is 1. The first-order chi connectivity index (χ1) is 9.48. The highest BCUT2D eigenvalue weighted by Gasteiger charge is 2.41.